The largest absolute Gasteiger partial charge is 0.477 e. The molecule has 3 rings (SSSR count). The molecule has 1 aromatic heterocycles. The summed E-state index contributed by atoms with van der Waals surface area (Å²) in [4.78, 5) is 4.48. The molecule has 1 N–H and O–H groups in total. The van der Waals surface area contributed by atoms with Gasteiger partial charge in [0.25, 0.3) is 0 Å². The quantitative estimate of drug-likeness (QED) is 0.866. The summed E-state index contributed by atoms with van der Waals surface area (Å²) >= 11 is 0. The van der Waals surface area contributed by atoms with E-state index in [1.165, 1.54) is 18.4 Å². The average Bonchev–Trinajstić information content (AvgIpc) is 3.28. The molecule has 2 aliphatic rings. The van der Waals surface area contributed by atoms with E-state index in [1.54, 1.807) is 0 Å². The zero-order valence-corrected chi connectivity index (χ0v) is 12.2. The molecular weight excluding hydrogens is 252 g/mol. The molecule has 20 heavy (non-hydrogen) atoms. The SMILES string of the molecule is Cc1cc(CNC2CC2)cc(OCC2CCOCC2)n1. The molecular formula is C16H24N2O2. The van der Waals surface area contributed by atoms with E-state index in [0.717, 1.165) is 56.8 Å². The first-order chi connectivity index (χ1) is 9.79. The third-order valence-electron chi connectivity index (χ3n) is 3.97. The van der Waals surface area contributed by atoms with Crippen LogP contribution in [0.25, 0.3) is 0 Å². The zero-order chi connectivity index (χ0) is 13.8. The number of nitrogens with one attached hydrogen (secondary N) is 1. The molecule has 0 aromatic carbocycles. The monoisotopic (exact) mass is 276 g/mol. The van der Waals surface area contributed by atoms with Gasteiger partial charge in [0, 0.05) is 37.6 Å². The van der Waals surface area contributed by atoms with Crippen LogP contribution in [-0.4, -0.2) is 30.8 Å². The number of pyridine rings is 1. The van der Waals surface area contributed by atoms with Crippen LogP contribution < -0.4 is 10.1 Å². The first-order valence-electron chi connectivity index (χ1n) is 7.71. The van der Waals surface area contributed by atoms with E-state index in [0.29, 0.717) is 5.92 Å². The van der Waals surface area contributed by atoms with Gasteiger partial charge in [-0.05, 0) is 50.2 Å². The summed E-state index contributed by atoms with van der Waals surface area (Å²) < 4.78 is 11.3. The number of rotatable bonds is 6. The van der Waals surface area contributed by atoms with E-state index in [-0.39, 0.29) is 0 Å². The van der Waals surface area contributed by atoms with Gasteiger partial charge < -0.3 is 14.8 Å². The molecule has 1 aromatic rings. The van der Waals surface area contributed by atoms with Crippen molar-refractivity contribution in [3.63, 3.8) is 0 Å². The Kier molecular flexibility index (Phi) is 4.53. The van der Waals surface area contributed by atoms with Crippen molar-refractivity contribution >= 4 is 0 Å². The number of hydrogen-bond donors (Lipinski definition) is 1. The van der Waals surface area contributed by atoms with E-state index in [1.807, 2.05) is 6.92 Å². The Balaban J connectivity index is 1.53. The van der Waals surface area contributed by atoms with Gasteiger partial charge in [0.1, 0.15) is 0 Å². The second-order valence-electron chi connectivity index (χ2n) is 5.98. The Morgan fingerprint density at radius 3 is 2.80 bits per heavy atom. The highest BCUT2D eigenvalue weighted by atomic mass is 16.5. The fraction of sp³-hybridized carbons (Fsp3) is 0.688. The van der Waals surface area contributed by atoms with Crippen LogP contribution in [0.1, 0.15) is 36.9 Å². The van der Waals surface area contributed by atoms with Crippen molar-refractivity contribution in [2.24, 2.45) is 5.92 Å². The number of aryl methyl sites for hydroxylation is 1. The lowest BCUT2D eigenvalue weighted by Crippen LogP contribution is -2.22. The van der Waals surface area contributed by atoms with Crippen molar-refractivity contribution in [1.82, 2.24) is 10.3 Å². The van der Waals surface area contributed by atoms with E-state index in [4.69, 9.17) is 9.47 Å². The summed E-state index contributed by atoms with van der Waals surface area (Å²) in [6.45, 7) is 5.44. The minimum atomic E-state index is 0.610. The van der Waals surface area contributed by atoms with Gasteiger partial charge in [0.15, 0.2) is 0 Å². The van der Waals surface area contributed by atoms with Gasteiger partial charge in [-0.25, -0.2) is 4.98 Å². The van der Waals surface area contributed by atoms with Gasteiger partial charge in [-0.1, -0.05) is 0 Å². The first kappa shape index (κ1) is 13.8. The molecule has 1 aliphatic carbocycles. The Hall–Kier alpha value is -1.13. The van der Waals surface area contributed by atoms with E-state index in [2.05, 4.69) is 22.4 Å². The van der Waals surface area contributed by atoms with Crippen LogP contribution in [-0.2, 0) is 11.3 Å². The number of ether oxygens (including phenoxy) is 2. The summed E-state index contributed by atoms with van der Waals surface area (Å²) in [7, 11) is 0. The van der Waals surface area contributed by atoms with Crippen molar-refractivity contribution in [3.05, 3.63) is 23.4 Å². The van der Waals surface area contributed by atoms with Crippen molar-refractivity contribution < 1.29 is 9.47 Å². The Morgan fingerprint density at radius 2 is 2.05 bits per heavy atom. The van der Waals surface area contributed by atoms with Gasteiger partial charge >= 0.3 is 0 Å². The van der Waals surface area contributed by atoms with Crippen molar-refractivity contribution in [2.75, 3.05) is 19.8 Å². The molecule has 2 heterocycles. The predicted octanol–water partition coefficient (Wildman–Crippen LogP) is 2.45. The minimum Gasteiger partial charge on any atom is -0.477 e. The van der Waals surface area contributed by atoms with Crippen LogP contribution in [0.4, 0.5) is 0 Å². The molecule has 0 spiro atoms. The maximum Gasteiger partial charge on any atom is 0.213 e. The summed E-state index contributed by atoms with van der Waals surface area (Å²) in [6.07, 6.45) is 4.83. The average molecular weight is 276 g/mol. The lowest BCUT2D eigenvalue weighted by atomic mass is 10.0. The standard InChI is InChI=1S/C16H24N2O2/c1-12-8-14(10-17-15-2-3-15)9-16(18-12)20-11-13-4-6-19-7-5-13/h8-9,13,15,17H,2-7,10-11H2,1H3. The summed E-state index contributed by atoms with van der Waals surface area (Å²) in [5.41, 5.74) is 2.30. The van der Waals surface area contributed by atoms with Crippen LogP contribution in [0.3, 0.4) is 0 Å². The van der Waals surface area contributed by atoms with Crippen LogP contribution in [0.5, 0.6) is 5.88 Å². The molecule has 1 saturated carbocycles. The van der Waals surface area contributed by atoms with Gasteiger partial charge in [0.05, 0.1) is 6.61 Å². The fourth-order valence-electron chi connectivity index (χ4n) is 2.55. The van der Waals surface area contributed by atoms with Crippen molar-refractivity contribution in [1.29, 1.82) is 0 Å². The van der Waals surface area contributed by atoms with Crippen LogP contribution in [0.2, 0.25) is 0 Å². The lowest BCUT2D eigenvalue weighted by Gasteiger charge is -2.22. The number of aromatic nitrogens is 1. The second kappa shape index (κ2) is 6.55. The predicted molar refractivity (Wildman–Crippen MR) is 77.9 cm³/mol. The Labute approximate surface area is 120 Å². The third kappa shape index (κ3) is 4.18. The maximum absolute atomic E-state index is 5.89. The highest BCUT2D eigenvalue weighted by Gasteiger charge is 2.20. The number of hydrogen-bond acceptors (Lipinski definition) is 4. The van der Waals surface area contributed by atoms with Crippen molar-refractivity contribution in [3.8, 4) is 5.88 Å². The molecule has 4 nitrogen and oxygen atoms in total. The topological polar surface area (TPSA) is 43.4 Å². The molecule has 1 aliphatic heterocycles. The molecule has 0 radical (unpaired) electrons. The zero-order valence-electron chi connectivity index (χ0n) is 12.2. The third-order valence-corrected chi connectivity index (χ3v) is 3.97. The highest BCUT2D eigenvalue weighted by Crippen LogP contribution is 2.21. The first-order valence-corrected chi connectivity index (χ1v) is 7.71. The molecule has 0 bridgehead atoms. The normalized spacial score (nSPS) is 20.1. The highest BCUT2D eigenvalue weighted by molar-refractivity contribution is 5.24. The molecule has 0 unspecified atom stereocenters. The molecule has 0 atom stereocenters. The maximum atomic E-state index is 5.89. The van der Waals surface area contributed by atoms with E-state index < -0.39 is 0 Å². The van der Waals surface area contributed by atoms with Gasteiger partial charge in [-0.15, -0.1) is 0 Å². The van der Waals surface area contributed by atoms with Crippen LogP contribution >= 0.6 is 0 Å². The van der Waals surface area contributed by atoms with Gasteiger partial charge in [-0.2, -0.15) is 0 Å². The van der Waals surface area contributed by atoms with Crippen molar-refractivity contribution in [2.45, 2.75) is 45.2 Å². The summed E-state index contributed by atoms with van der Waals surface area (Å²) in [5, 5.41) is 3.53. The molecule has 2 fully saturated rings. The summed E-state index contributed by atoms with van der Waals surface area (Å²) in [5.74, 6) is 1.38. The van der Waals surface area contributed by atoms with E-state index in [9.17, 15) is 0 Å². The van der Waals surface area contributed by atoms with Gasteiger partial charge in [-0.3, -0.25) is 0 Å². The van der Waals surface area contributed by atoms with Crippen LogP contribution in [0.15, 0.2) is 12.1 Å². The molecule has 0 amide bonds. The molecule has 1 saturated heterocycles. The molecule has 110 valence electrons. The number of nitrogens with zero attached hydrogens (tertiary/aromatic N) is 1. The smallest absolute Gasteiger partial charge is 0.213 e. The molecule has 4 heteroatoms. The van der Waals surface area contributed by atoms with Gasteiger partial charge in [0.2, 0.25) is 5.88 Å². The second-order valence-corrected chi connectivity index (χ2v) is 5.98. The fourth-order valence-corrected chi connectivity index (χ4v) is 2.55. The van der Waals surface area contributed by atoms with E-state index >= 15 is 0 Å². The lowest BCUT2D eigenvalue weighted by molar-refractivity contribution is 0.0490. The Morgan fingerprint density at radius 1 is 1.25 bits per heavy atom. The van der Waals surface area contributed by atoms with Crippen LogP contribution in [0, 0.1) is 12.8 Å². The minimum absolute atomic E-state index is 0.610. The summed E-state index contributed by atoms with van der Waals surface area (Å²) in [6, 6.07) is 4.94. The Bertz CT molecular complexity index is 440.